The zero-order chi connectivity index (χ0) is 13.8. The normalized spacial score (nSPS) is 12.4. The van der Waals surface area contributed by atoms with Crippen LogP contribution in [0.2, 0.25) is 0 Å². The van der Waals surface area contributed by atoms with Crippen molar-refractivity contribution in [3.63, 3.8) is 0 Å². The Labute approximate surface area is 118 Å². The summed E-state index contributed by atoms with van der Waals surface area (Å²) in [5.41, 5.74) is 3.51. The van der Waals surface area contributed by atoms with Gasteiger partial charge in [0.2, 0.25) is 0 Å². The van der Waals surface area contributed by atoms with Gasteiger partial charge in [-0.1, -0.05) is 17.5 Å². The van der Waals surface area contributed by atoms with Crippen LogP contribution in [0.1, 0.15) is 34.7 Å². The van der Waals surface area contributed by atoms with E-state index < -0.39 is 0 Å². The Morgan fingerprint density at radius 3 is 2.79 bits per heavy atom. The number of hydrogen-bond donors (Lipinski definition) is 1. The van der Waals surface area contributed by atoms with Crippen LogP contribution in [0.15, 0.2) is 18.2 Å². The Bertz CT molecular complexity index is 553. The fourth-order valence-electron chi connectivity index (χ4n) is 2.21. The summed E-state index contributed by atoms with van der Waals surface area (Å²) < 4.78 is 9.33. The van der Waals surface area contributed by atoms with Crippen molar-refractivity contribution in [1.29, 1.82) is 0 Å². The third kappa shape index (κ3) is 2.77. The number of ether oxygens (including phenoxy) is 1. The number of aryl methyl sites for hydroxylation is 2. The first kappa shape index (κ1) is 14.0. The molecule has 19 heavy (non-hydrogen) atoms. The third-order valence-corrected chi connectivity index (χ3v) is 4.09. The maximum absolute atomic E-state index is 5.26. The first-order valence-corrected chi connectivity index (χ1v) is 7.11. The molecule has 1 unspecified atom stereocenters. The average molecular weight is 277 g/mol. The molecule has 1 aromatic carbocycles. The zero-order valence-corrected chi connectivity index (χ0v) is 12.5. The second-order valence-electron chi connectivity index (χ2n) is 4.38. The highest BCUT2D eigenvalue weighted by molar-refractivity contribution is 7.05. The number of hydrogen-bond acceptors (Lipinski definition) is 5. The standard InChI is InChI=1S/C14H19N3OS/c1-5-12-14(19-17-16-12)13(15-3)11-7-6-10(18-4)8-9(11)2/h6-8,13,15H,5H2,1-4H3. The maximum Gasteiger partial charge on any atom is 0.119 e. The van der Waals surface area contributed by atoms with E-state index in [0.29, 0.717) is 0 Å². The van der Waals surface area contributed by atoms with Gasteiger partial charge in [-0.2, -0.15) is 0 Å². The van der Waals surface area contributed by atoms with Crippen molar-refractivity contribution >= 4 is 11.5 Å². The van der Waals surface area contributed by atoms with E-state index >= 15 is 0 Å². The fourth-order valence-corrected chi connectivity index (χ4v) is 3.07. The van der Waals surface area contributed by atoms with Crippen molar-refractivity contribution in [1.82, 2.24) is 14.9 Å². The molecule has 0 aliphatic rings. The molecule has 0 aliphatic heterocycles. The van der Waals surface area contributed by atoms with Gasteiger partial charge in [0.05, 0.1) is 23.7 Å². The van der Waals surface area contributed by atoms with E-state index in [1.54, 1.807) is 7.11 Å². The average Bonchev–Trinajstić information content (AvgIpc) is 2.89. The number of methoxy groups -OCH3 is 1. The number of benzene rings is 1. The van der Waals surface area contributed by atoms with Crippen LogP contribution in [-0.2, 0) is 6.42 Å². The van der Waals surface area contributed by atoms with Gasteiger partial charge < -0.3 is 10.1 Å². The highest BCUT2D eigenvalue weighted by Gasteiger charge is 2.20. The largest absolute Gasteiger partial charge is 0.497 e. The highest BCUT2D eigenvalue weighted by atomic mass is 32.1. The molecule has 0 spiro atoms. The molecular formula is C14H19N3OS. The van der Waals surface area contributed by atoms with Crippen molar-refractivity contribution in [2.45, 2.75) is 26.3 Å². The summed E-state index contributed by atoms with van der Waals surface area (Å²) >= 11 is 1.47. The zero-order valence-electron chi connectivity index (χ0n) is 11.7. The third-order valence-electron chi connectivity index (χ3n) is 3.26. The van der Waals surface area contributed by atoms with Crippen molar-refractivity contribution in [2.24, 2.45) is 0 Å². The van der Waals surface area contributed by atoms with E-state index in [1.165, 1.54) is 27.5 Å². The molecule has 0 saturated carbocycles. The van der Waals surface area contributed by atoms with Crippen LogP contribution in [0.3, 0.4) is 0 Å². The molecular weight excluding hydrogens is 258 g/mol. The van der Waals surface area contributed by atoms with Gasteiger partial charge in [0.25, 0.3) is 0 Å². The molecule has 0 radical (unpaired) electrons. The Morgan fingerprint density at radius 1 is 1.42 bits per heavy atom. The molecule has 0 bridgehead atoms. The molecule has 1 N–H and O–H groups in total. The number of nitrogens with one attached hydrogen (secondary N) is 1. The topological polar surface area (TPSA) is 47.0 Å². The van der Waals surface area contributed by atoms with E-state index in [1.807, 2.05) is 13.1 Å². The van der Waals surface area contributed by atoms with Gasteiger partial charge in [0.1, 0.15) is 5.75 Å². The van der Waals surface area contributed by atoms with Gasteiger partial charge in [-0.15, -0.1) is 5.10 Å². The molecule has 0 saturated heterocycles. The van der Waals surface area contributed by atoms with Crippen molar-refractivity contribution < 1.29 is 4.74 Å². The fraction of sp³-hybridized carbons (Fsp3) is 0.429. The molecule has 2 rings (SSSR count). The molecule has 1 atom stereocenters. The predicted molar refractivity (Wildman–Crippen MR) is 77.9 cm³/mol. The molecule has 1 heterocycles. The van der Waals surface area contributed by atoms with Gasteiger partial charge >= 0.3 is 0 Å². The lowest BCUT2D eigenvalue weighted by molar-refractivity contribution is 0.414. The maximum atomic E-state index is 5.26. The molecule has 4 nitrogen and oxygen atoms in total. The van der Waals surface area contributed by atoms with E-state index in [0.717, 1.165) is 17.9 Å². The lowest BCUT2D eigenvalue weighted by Gasteiger charge is -2.18. The van der Waals surface area contributed by atoms with E-state index in [9.17, 15) is 0 Å². The molecule has 2 aromatic rings. The molecule has 0 fully saturated rings. The summed E-state index contributed by atoms with van der Waals surface area (Å²) in [5, 5.41) is 7.56. The first-order chi connectivity index (χ1) is 9.21. The van der Waals surface area contributed by atoms with Crippen molar-refractivity contribution in [3.8, 4) is 5.75 Å². The van der Waals surface area contributed by atoms with Crippen LogP contribution in [0, 0.1) is 6.92 Å². The smallest absolute Gasteiger partial charge is 0.119 e. The Kier molecular flexibility index (Phi) is 4.50. The van der Waals surface area contributed by atoms with Crippen LogP contribution in [0.5, 0.6) is 5.75 Å². The monoisotopic (exact) mass is 277 g/mol. The minimum atomic E-state index is 0.140. The van der Waals surface area contributed by atoms with Crippen molar-refractivity contribution in [2.75, 3.05) is 14.2 Å². The minimum Gasteiger partial charge on any atom is -0.497 e. The lowest BCUT2D eigenvalue weighted by Crippen LogP contribution is -2.19. The summed E-state index contributed by atoms with van der Waals surface area (Å²) in [6, 6.07) is 6.29. The molecule has 102 valence electrons. The highest BCUT2D eigenvalue weighted by Crippen LogP contribution is 2.30. The number of rotatable bonds is 5. The summed E-state index contributed by atoms with van der Waals surface area (Å²) in [6.07, 6.45) is 0.902. The quantitative estimate of drug-likeness (QED) is 0.913. The van der Waals surface area contributed by atoms with Gasteiger partial charge in [-0.3, -0.25) is 0 Å². The molecule has 1 aromatic heterocycles. The van der Waals surface area contributed by atoms with Crippen molar-refractivity contribution in [3.05, 3.63) is 39.9 Å². The molecule has 5 heteroatoms. The Balaban J connectivity index is 2.42. The first-order valence-electron chi connectivity index (χ1n) is 6.34. The van der Waals surface area contributed by atoms with Crippen LogP contribution in [0.4, 0.5) is 0 Å². The van der Waals surface area contributed by atoms with Gasteiger partial charge in [-0.05, 0) is 55.2 Å². The SMILES string of the molecule is CCc1nnsc1C(NC)c1ccc(OC)cc1C. The van der Waals surface area contributed by atoms with Crippen LogP contribution in [-0.4, -0.2) is 23.7 Å². The van der Waals surface area contributed by atoms with Crippen LogP contribution >= 0.6 is 11.5 Å². The van der Waals surface area contributed by atoms with Crippen LogP contribution < -0.4 is 10.1 Å². The summed E-state index contributed by atoms with van der Waals surface area (Å²) in [4.78, 5) is 1.19. The summed E-state index contributed by atoms with van der Waals surface area (Å²) in [7, 11) is 3.65. The number of aromatic nitrogens is 2. The van der Waals surface area contributed by atoms with Gasteiger partial charge in [-0.25, -0.2) is 0 Å². The number of nitrogens with zero attached hydrogens (tertiary/aromatic N) is 2. The second-order valence-corrected chi connectivity index (χ2v) is 5.17. The second kappa shape index (κ2) is 6.12. The minimum absolute atomic E-state index is 0.140. The summed E-state index contributed by atoms with van der Waals surface area (Å²) in [5.74, 6) is 0.884. The Morgan fingerprint density at radius 2 is 2.21 bits per heavy atom. The van der Waals surface area contributed by atoms with E-state index in [-0.39, 0.29) is 6.04 Å². The van der Waals surface area contributed by atoms with E-state index in [2.05, 4.69) is 40.9 Å². The summed E-state index contributed by atoms with van der Waals surface area (Å²) in [6.45, 7) is 4.20. The van der Waals surface area contributed by atoms with Crippen LogP contribution in [0.25, 0.3) is 0 Å². The lowest BCUT2D eigenvalue weighted by atomic mass is 9.98. The molecule has 0 amide bonds. The van der Waals surface area contributed by atoms with E-state index in [4.69, 9.17) is 4.74 Å². The molecule has 0 aliphatic carbocycles. The van der Waals surface area contributed by atoms with Gasteiger partial charge in [0.15, 0.2) is 0 Å². The van der Waals surface area contributed by atoms with Gasteiger partial charge in [0, 0.05) is 0 Å². The predicted octanol–water partition coefficient (Wildman–Crippen LogP) is 2.73. The Hall–Kier alpha value is -1.46.